The van der Waals surface area contributed by atoms with Gasteiger partial charge in [0.05, 0.1) is 5.69 Å². The van der Waals surface area contributed by atoms with Gasteiger partial charge in [-0.15, -0.1) is 12.4 Å². The summed E-state index contributed by atoms with van der Waals surface area (Å²) in [7, 11) is 0. The molecule has 0 aliphatic carbocycles. The largest absolute Gasteiger partial charge is 0.346 e. The molecular formula is C16H20BrClN4O. The van der Waals surface area contributed by atoms with E-state index < -0.39 is 0 Å². The van der Waals surface area contributed by atoms with E-state index in [1.54, 1.807) is 16.9 Å². The van der Waals surface area contributed by atoms with E-state index in [0.29, 0.717) is 11.7 Å². The number of amides is 1. The molecular weight excluding hydrogens is 380 g/mol. The lowest BCUT2D eigenvalue weighted by molar-refractivity contribution is 0.0914. The van der Waals surface area contributed by atoms with Crippen molar-refractivity contribution in [3.63, 3.8) is 0 Å². The summed E-state index contributed by atoms with van der Waals surface area (Å²) >= 11 is 3.44. The maximum absolute atomic E-state index is 12.3. The van der Waals surface area contributed by atoms with Gasteiger partial charge >= 0.3 is 0 Å². The molecule has 1 aliphatic heterocycles. The summed E-state index contributed by atoms with van der Waals surface area (Å²) in [5, 5.41) is 10.8. The van der Waals surface area contributed by atoms with Crippen LogP contribution in [0.3, 0.4) is 0 Å². The van der Waals surface area contributed by atoms with Crippen LogP contribution in [0.4, 0.5) is 0 Å². The second-order valence-electron chi connectivity index (χ2n) is 5.59. The number of hydrogen-bond donors (Lipinski definition) is 2. The molecule has 2 aromatic rings. The van der Waals surface area contributed by atoms with Crippen molar-refractivity contribution in [3.8, 4) is 5.69 Å². The van der Waals surface area contributed by atoms with Crippen molar-refractivity contribution in [2.75, 3.05) is 6.54 Å². The van der Waals surface area contributed by atoms with Crippen molar-refractivity contribution in [1.29, 1.82) is 0 Å². The summed E-state index contributed by atoms with van der Waals surface area (Å²) in [6.07, 6.45) is 3.90. The van der Waals surface area contributed by atoms with E-state index in [-0.39, 0.29) is 24.4 Å². The van der Waals surface area contributed by atoms with Gasteiger partial charge in [-0.25, -0.2) is 4.68 Å². The Morgan fingerprint density at radius 3 is 3.00 bits per heavy atom. The van der Waals surface area contributed by atoms with Gasteiger partial charge in [0, 0.05) is 22.8 Å². The highest BCUT2D eigenvalue weighted by molar-refractivity contribution is 9.10. The van der Waals surface area contributed by atoms with Crippen molar-refractivity contribution in [2.45, 2.75) is 31.8 Å². The number of aromatic nitrogens is 2. The fourth-order valence-electron chi connectivity index (χ4n) is 2.69. The third-order valence-electron chi connectivity index (χ3n) is 3.97. The molecule has 0 bridgehead atoms. The minimum atomic E-state index is -0.116. The van der Waals surface area contributed by atoms with Crippen molar-refractivity contribution < 1.29 is 4.79 Å². The fraction of sp³-hybridized carbons (Fsp3) is 0.375. The topological polar surface area (TPSA) is 58.9 Å². The monoisotopic (exact) mass is 398 g/mol. The fourth-order valence-corrected chi connectivity index (χ4v) is 3.08. The first kappa shape index (κ1) is 18.0. The van der Waals surface area contributed by atoms with Gasteiger partial charge in [-0.3, -0.25) is 4.79 Å². The van der Waals surface area contributed by atoms with E-state index in [2.05, 4.69) is 38.6 Å². The smallest absolute Gasteiger partial charge is 0.272 e. The van der Waals surface area contributed by atoms with Gasteiger partial charge in [0.1, 0.15) is 0 Å². The summed E-state index contributed by atoms with van der Waals surface area (Å²) in [4.78, 5) is 12.3. The molecule has 1 saturated heterocycles. The normalized spacial score (nSPS) is 20.6. The first-order valence-corrected chi connectivity index (χ1v) is 8.28. The average Bonchev–Trinajstić information content (AvgIpc) is 2.99. The van der Waals surface area contributed by atoms with Crippen LogP contribution in [0.25, 0.3) is 5.69 Å². The van der Waals surface area contributed by atoms with Crippen LogP contribution in [-0.4, -0.2) is 34.3 Å². The Bertz CT molecular complexity index is 676. The Morgan fingerprint density at radius 2 is 2.26 bits per heavy atom. The van der Waals surface area contributed by atoms with E-state index in [1.807, 2.05) is 24.3 Å². The first-order chi connectivity index (χ1) is 10.6. The number of carbonyl (C=O) groups excluding carboxylic acids is 1. The van der Waals surface area contributed by atoms with Crippen LogP contribution in [0.15, 0.2) is 41.0 Å². The van der Waals surface area contributed by atoms with Gasteiger partial charge in [0.15, 0.2) is 5.69 Å². The SMILES string of the molecule is CC1NCCCC1NC(=O)c1ccn(-c2cccc(Br)c2)n1.Cl. The molecule has 23 heavy (non-hydrogen) atoms. The lowest BCUT2D eigenvalue weighted by Crippen LogP contribution is -2.52. The van der Waals surface area contributed by atoms with Crippen LogP contribution in [-0.2, 0) is 0 Å². The zero-order valence-electron chi connectivity index (χ0n) is 12.8. The molecule has 2 N–H and O–H groups in total. The molecule has 0 radical (unpaired) electrons. The van der Waals surface area contributed by atoms with Crippen LogP contribution in [0.5, 0.6) is 0 Å². The molecule has 5 nitrogen and oxygen atoms in total. The molecule has 124 valence electrons. The molecule has 2 unspecified atom stereocenters. The lowest BCUT2D eigenvalue weighted by atomic mass is 10.00. The van der Waals surface area contributed by atoms with Crippen LogP contribution >= 0.6 is 28.3 Å². The molecule has 2 heterocycles. The molecule has 1 amide bonds. The zero-order valence-corrected chi connectivity index (χ0v) is 15.2. The Morgan fingerprint density at radius 1 is 1.43 bits per heavy atom. The van der Waals surface area contributed by atoms with E-state index in [1.165, 1.54) is 0 Å². The Balaban J connectivity index is 0.00000192. The predicted octanol–water partition coefficient (Wildman–Crippen LogP) is 2.93. The summed E-state index contributed by atoms with van der Waals surface area (Å²) in [6, 6.07) is 10.0. The van der Waals surface area contributed by atoms with Crippen LogP contribution in [0.2, 0.25) is 0 Å². The Hall–Kier alpha value is -1.37. The van der Waals surface area contributed by atoms with Gasteiger partial charge in [-0.1, -0.05) is 22.0 Å². The van der Waals surface area contributed by atoms with Crippen molar-refractivity contribution >= 4 is 34.2 Å². The molecule has 2 atom stereocenters. The minimum Gasteiger partial charge on any atom is -0.346 e. The van der Waals surface area contributed by atoms with Gasteiger partial charge in [0.2, 0.25) is 0 Å². The highest BCUT2D eigenvalue weighted by Gasteiger charge is 2.23. The molecule has 1 aliphatic rings. The van der Waals surface area contributed by atoms with Crippen LogP contribution in [0, 0.1) is 0 Å². The number of hydrogen-bond acceptors (Lipinski definition) is 3. The predicted molar refractivity (Wildman–Crippen MR) is 96.5 cm³/mol. The molecule has 7 heteroatoms. The number of benzene rings is 1. The number of nitrogens with one attached hydrogen (secondary N) is 2. The number of halogens is 2. The van der Waals surface area contributed by atoms with Gasteiger partial charge in [0.25, 0.3) is 5.91 Å². The van der Waals surface area contributed by atoms with E-state index in [4.69, 9.17) is 0 Å². The summed E-state index contributed by atoms with van der Waals surface area (Å²) in [5.74, 6) is -0.116. The van der Waals surface area contributed by atoms with Crippen LogP contribution in [0.1, 0.15) is 30.3 Å². The third-order valence-corrected chi connectivity index (χ3v) is 4.47. The summed E-state index contributed by atoms with van der Waals surface area (Å²) in [6.45, 7) is 3.12. The molecule has 1 aromatic carbocycles. The van der Waals surface area contributed by atoms with Crippen molar-refractivity contribution in [2.24, 2.45) is 0 Å². The van der Waals surface area contributed by atoms with Crippen LogP contribution < -0.4 is 10.6 Å². The molecule has 1 fully saturated rings. The summed E-state index contributed by atoms with van der Waals surface area (Å²) in [5.41, 5.74) is 1.36. The third kappa shape index (κ3) is 4.34. The zero-order chi connectivity index (χ0) is 15.5. The second kappa shape index (κ2) is 7.95. The van der Waals surface area contributed by atoms with Gasteiger partial charge in [-0.05, 0) is 50.6 Å². The molecule has 0 spiro atoms. The summed E-state index contributed by atoms with van der Waals surface area (Å²) < 4.78 is 2.69. The molecule has 1 aromatic heterocycles. The standard InChI is InChI=1S/C16H19BrN4O.ClH/c1-11-14(6-3-8-18-11)19-16(22)15-7-9-21(20-15)13-5-2-4-12(17)10-13;/h2,4-5,7,9-11,14,18H,3,6,8H2,1H3,(H,19,22);1H. The number of piperidine rings is 1. The maximum Gasteiger partial charge on any atom is 0.272 e. The second-order valence-corrected chi connectivity index (χ2v) is 6.51. The number of nitrogens with zero attached hydrogens (tertiary/aromatic N) is 2. The Labute approximate surface area is 150 Å². The Kier molecular flexibility index (Phi) is 6.21. The number of rotatable bonds is 3. The lowest BCUT2D eigenvalue weighted by Gasteiger charge is -2.30. The molecule has 0 saturated carbocycles. The quantitative estimate of drug-likeness (QED) is 0.834. The highest BCUT2D eigenvalue weighted by Crippen LogP contribution is 2.15. The van der Waals surface area contributed by atoms with Crippen molar-refractivity contribution in [1.82, 2.24) is 20.4 Å². The van der Waals surface area contributed by atoms with E-state index in [0.717, 1.165) is 29.5 Å². The minimum absolute atomic E-state index is 0. The maximum atomic E-state index is 12.3. The average molecular weight is 400 g/mol. The first-order valence-electron chi connectivity index (χ1n) is 7.49. The van der Waals surface area contributed by atoms with Gasteiger partial charge in [-0.2, -0.15) is 5.10 Å². The van der Waals surface area contributed by atoms with Crippen molar-refractivity contribution in [3.05, 3.63) is 46.7 Å². The van der Waals surface area contributed by atoms with Gasteiger partial charge < -0.3 is 10.6 Å². The highest BCUT2D eigenvalue weighted by atomic mass is 79.9. The molecule has 3 rings (SSSR count). The van der Waals surface area contributed by atoms with E-state index in [9.17, 15) is 4.79 Å². The van der Waals surface area contributed by atoms with E-state index >= 15 is 0 Å². The number of carbonyl (C=O) groups is 1.